The second-order valence-corrected chi connectivity index (χ2v) is 6.97. The average molecular weight is 441 g/mol. The fourth-order valence-corrected chi connectivity index (χ4v) is 2.80. The van der Waals surface area contributed by atoms with Gasteiger partial charge >= 0.3 is 6.18 Å². The van der Waals surface area contributed by atoms with E-state index < -0.39 is 41.3 Å². The maximum Gasteiger partial charge on any atom is 0.416 e. The van der Waals surface area contributed by atoms with Crippen LogP contribution in [-0.4, -0.2) is 22.9 Å². The van der Waals surface area contributed by atoms with E-state index in [4.69, 9.17) is 0 Å². The Kier molecular flexibility index (Phi) is 7.59. The van der Waals surface area contributed by atoms with Gasteiger partial charge in [-0.05, 0) is 38.5 Å². The monoisotopic (exact) mass is 441 g/mol. The van der Waals surface area contributed by atoms with Crippen molar-refractivity contribution in [3.05, 3.63) is 68.9 Å². The van der Waals surface area contributed by atoms with E-state index in [-0.39, 0.29) is 29.3 Å². The molecule has 168 valence electrons. The van der Waals surface area contributed by atoms with E-state index in [1.54, 1.807) is 11.5 Å². The normalized spacial score (nSPS) is 12.4. The van der Waals surface area contributed by atoms with Gasteiger partial charge in [-0.1, -0.05) is 6.92 Å². The molecule has 2 amide bonds. The summed E-state index contributed by atoms with van der Waals surface area (Å²) in [5.74, 6) is -2.51. The molecule has 0 spiro atoms. The highest BCUT2D eigenvalue weighted by Gasteiger charge is 2.31. The van der Waals surface area contributed by atoms with Gasteiger partial charge in [0.05, 0.1) is 5.56 Å². The van der Waals surface area contributed by atoms with Gasteiger partial charge in [0, 0.05) is 37.1 Å². The lowest BCUT2D eigenvalue weighted by Gasteiger charge is -2.17. The van der Waals surface area contributed by atoms with Crippen LogP contribution in [0.2, 0.25) is 0 Å². The van der Waals surface area contributed by atoms with E-state index >= 15 is 0 Å². The third-order valence-electron chi connectivity index (χ3n) is 4.78. The summed E-state index contributed by atoms with van der Waals surface area (Å²) in [5.41, 5.74) is -2.87. The van der Waals surface area contributed by atoms with Crippen molar-refractivity contribution in [3.8, 4) is 0 Å². The second kappa shape index (κ2) is 9.76. The van der Waals surface area contributed by atoms with Gasteiger partial charge < -0.3 is 15.2 Å². The maximum atomic E-state index is 13.9. The average Bonchev–Trinajstić information content (AvgIpc) is 2.71. The molecule has 1 heterocycles. The first-order valence-corrected chi connectivity index (χ1v) is 9.67. The first kappa shape index (κ1) is 24.1. The van der Waals surface area contributed by atoms with Gasteiger partial charge in [-0.2, -0.15) is 13.2 Å². The number of hydrogen-bond donors (Lipinski definition) is 2. The Labute approximate surface area is 176 Å². The van der Waals surface area contributed by atoms with Crippen molar-refractivity contribution in [1.29, 1.82) is 0 Å². The molecule has 0 aliphatic carbocycles. The lowest BCUT2D eigenvalue weighted by atomic mass is 10.1. The predicted octanol–water partition coefficient (Wildman–Crippen LogP) is 3.66. The Hall–Kier alpha value is -3.17. The number of aromatic nitrogens is 1. The van der Waals surface area contributed by atoms with E-state index in [1.807, 2.05) is 13.8 Å². The van der Waals surface area contributed by atoms with Crippen molar-refractivity contribution in [3.63, 3.8) is 0 Å². The molecule has 0 saturated heterocycles. The first-order valence-electron chi connectivity index (χ1n) is 9.67. The highest BCUT2D eigenvalue weighted by molar-refractivity contribution is 5.99. The molecule has 0 radical (unpaired) electrons. The van der Waals surface area contributed by atoms with E-state index in [0.717, 1.165) is 0 Å². The molecular formula is C21H23F4N3O3. The van der Waals surface area contributed by atoms with Gasteiger partial charge in [0.15, 0.2) is 0 Å². The van der Waals surface area contributed by atoms with Gasteiger partial charge in [0.1, 0.15) is 16.9 Å². The summed E-state index contributed by atoms with van der Waals surface area (Å²) in [5, 5.41) is 4.77. The zero-order valence-corrected chi connectivity index (χ0v) is 17.3. The molecule has 6 nitrogen and oxygen atoms in total. The second-order valence-electron chi connectivity index (χ2n) is 6.97. The molecule has 0 aliphatic heterocycles. The maximum absolute atomic E-state index is 13.9. The zero-order valence-electron chi connectivity index (χ0n) is 17.3. The molecule has 0 bridgehead atoms. The van der Waals surface area contributed by atoms with Gasteiger partial charge in [-0.15, -0.1) is 0 Å². The van der Waals surface area contributed by atoms with Crippen molar-refractivity contribution in [1.82, 2.24) is 15.2 Å². The summed E-state index contributed by atoms with van der Waals surface area (Å²) in [4.78, 5) is 37.6. The largest absolute Gasteiger partial charge is 0.416 e. The first-order chi connectivity index (χ1) is 14.5. The number of amides is 2. The SMILES string of the molecule is CCNC(=O)c1cn([C@@H](C)CC)cc(C(=O)NCc2cc(C(F)(F)F)ccc2F)c1=O. The summed E-state index contributed by atoms with van der Waals surface area (Å²) < 4.78 is 54.1. The highest BCUT2D eigenvalue weighted by atomic mass is 19.4. The number of nitrogens with zero attached hydrogens (tertiary/aromatic N) is 1. The van der Waals surface area contributed by atoms with Crippen molar-refractivity contribution in [2.45, 2.75) is 46.0 Å². The number of carbonyl (C=O) groups is 2. The number of alkyl halides is 3. The number of rotatable bonds is 7. The molecule has 1 atom stereocenters. The fraction of sp³-hybridized carbons (Fsp3) is 0.381. The summed E-state index contributed by atoms with van der Waals surface area (Å²) in [6.45, 7) is 5.08. The molecule has 2 aromatic rings. The van der Waals surface area contributed by atoms with Crippen LogP contribution in [0.15, 0.2) is 35.4 Å². The van der Waals surface area contributed by atoms with Gasteiger partial charge in [0.2, 0.25) is 5.43 Å². The van der Waals surface area contributed by atoms with Crippen molar-refractivity contribution in [2.75, 3.05) is 6.54 Å². The van der Waals surface area contributed by atoms with Crippen molar-refractivity contribution < 1.29 is 27.2 Å². The van der Waals surface area contributed by atoms with Crippen LogP contribution in [0.3, 0.4) is 0 Å². The minimum Gasteiger partial charge on any atom is -0.352 e. The molecular weight excluding hydrogens is 418 g/mol. The quantitative estimate of drug-likeness (QED) is 0.644. The van der Waals surface area contributed by atoms with Crippen LogP contribution < -0.4 is 16.1 Å². The number of nitrogens with one attached hydrogen (secondary N) is 2. The van der Waals surface area contributed by atoms with E-state index in [2.05, 4.69) is 10.6 Å². The van der Waals surface area contributed by atoms with Crippen LogP contribution in [0.1, 0.15) is 65.1 Å². The Balaban J connectivity index is 2.38. The predicted molar refractivity (Wildman–Crippen MR) is 106 cm³/mol. The van der Waals surface area contributed by atoms with E-state index in [9.17, 15) is 31.9 Å². The van der Waals surface area contributed by atoms with E-state index in [0.29, 0.717) is 24.6 Å². The minimum absolute atomic E-state index is 0.138. The summed E-state index contributed by atoms with van der Waals surface area (Å²) in [6, 6.07) is 1.72. The van der Waals surface area contributed by atoms with Crippen molar-refractivity contribution in [2.24, 2.45) is 0 Å². The smallest absolute Gasteiger partial charge is 0.352 e. The minimum atomic E-state index is -4.67. The van der Waals surface area contributed by atoms with Gasteiger partial charge in [-0.25, -0.2) is 4.39 Å². The molecule has 31 heavy (non-hydrogen) atoms. The summed E-state index contributed by atoms with van der Waals surface area (Å²) >= 11 is 0. The molecule has 0 unspecified atom stereocenters. The summed E-state index contributed by atoms with van der Waals surface area (Å²) in [6.07, 6.45) is -1.40. The van der Waals surface area contributed by atoms with Crippen molar-refractivity contribution >= 4 is 11.8 Å². The van der Waals surface area contributed by atoms with Crippen LogP contribution in [0, 0.1) is 5.82 Å². The Morgan fingerprint density at radius 3 is 2.16 bits per heavy atom. The van der Waals surface area contributed by atoms with Crippen LogP contribution in [0.25, 0.3) is 0 Å². The number of carbonyl (C=O) groups excluding carboxylic acids is 2. The van der Waals surface area contributed by atoms with Crippen LogP contribution in [0.4, 0.5) is 17.6 Å². The molecule has 0 aliphatic rings. The highest BCUT2D eigenvalue weighted by Crippen LogP contribution is 2.30. The number of pyridine rings is 1. The van der Waals surface area contributed by atoms with Crippen LogP contribution in [0.5, 0.6) is 0 Å². The third-order valence-corrected chi connectivity index (χ3v) is 4.78. The number of hydrogen-bond acceptors (Lipinski definition) is 3. The van der Waals surface area contributed by atoms with Crippen LogP contribution >= 0.6 is 0 Å². The molecule has 0 fully saturated rings. The lowest BCUT2D eigenvalue weighted by Crippen LogP contribution is -2.35. The molecule has 1 aromatic carbocycles. The molecule has 10 heteroatoms. The molecule has 2 rings (SSSR count). The van der Waals surface area contributed by atoms with Crippen LogP contribution in [-0.2, 0) is 12.7 Å². The van der Waals surface area contributed by atoms with Gasteiger partial charge in [0.25, 0.3) is 11.8 Å². The van der Waals surface area contributed by atoms with E-state index in [1.165, 1.54) is 12.4 Å². The number of halogens is 4. The topological polar surface area (TPSA) is 80.2 Å². The Bertz CT molecular complexity index is 1030. The molecule has 0 saturated carbocycles. The zero-order chi connectivity index (χ0) is 23.3. The fourth-order valence-electron chi connectivity index (χ4n) is 2.80. The number of benzene rings is 1. The Morgan fingerprint density at radius 1 is 1.06 bits per heavy atom. The van der Waals surface area contributed by atoms with Gasteiger partial charge in [-0.3, -0.25) is 14.4 Å². The third kappa shape index (κ3) is 5.71. The summed E-state index contributed by atoms with van der Waals surface area (Å²) in [7, 11) is 0. The standard InChI is InChI=1S/C21H23F4N3O3/c1-4-12(3)28-10-15(19(30)26-5-2)18(29)16(11-28)20(31)27-9-13-8-14(21(23,24)25)6-7-17(13)22/h6-8,10-12H,4-5,9H2,1-3H3,(H,26,30)(H,27,31)/t12-/m0/s1. The molecule has 1 aromatic heterocycles. The molecule has 2 N–H and O–H groups in total. The Morgan fingerprint density at radius 2 is 1.65 bits per heavy atom. The lowest BCUT2D eigenvalue weighted by molar-refractivity contribution is -0.137.